The number of alkyl carbamates (subject to hydrolysis) is 1. The molecule has 1 aromatic carbocycles. The second-order valence-electron chi connectivity index (χ2n) is 4.92. The standard InChI is InChI=1S/C14H15N2O10/c17-10(18)6-5-8(12(19)20)15-14(23)26-11(13(21)22)7-3-1-2-4-9(7)16(24)25/h1-4,8,11,24H,5-6H2,(H,15,23)(H,17,18)(H,19,20)(H,21,22)/q-1/t8-,11?/m1/s1. The molecule has 0 spiro atoms. The molecule has 0 aliphatic heterocycles. The minimum Gasteiger partial charge on any atom is -0.733 e. The molecule has 0 radical (unpaired) electrons. The van der Waals surface area contributed by atoms with E-state index in [2.05, 4.69) is 4.74 Å². The molecule has 12 heteroatoms. The molecule has 0 bridgehead atoms. The lowest BCUT2D eigenvalue weighted by Crippen LogP contribution is -2.42. The van der Waals surface area contributed by atoms with Gasteiger partial charge in [-0.15, -0.1) is 0 Å². The number of carbonyl (C=O) groups excluding carboxylic acids is 1. The van der Waals surface area contributed by atoms with E-state index < -0.39 is 59.9 Å². The topological polar surface area (TPSA) is 197 Å². The molecule has 5 N–H and O–H groups in total. The van der Waals surface area contributed by atoms with E-state index in [0.29, 0.717) is 0 Å². The van der Waals surface area contributed by atoms with Gasteiger partial charge in [-0.3, -0.25) is 10.0 Å². The van der Waals surface area contributed by atoms with E-state index in [0.717, 1.165) is 12.1 Å². The Morgan fingerprint density at radius 3 is 2.23 bits per heavy atom. The molecule has 1 rings (SSSR count). The monoisotopic (exact) mass is 371 g/mol. The number of nitrogens with zero attached hydrogens (tertiary/aromatic N) is 1. The highest BCUT2D eigenvalue weighted by Gasteiger charge is 2.29. The fraction of sp³-hybridized carbons (Fsp3) is 0.286. The van der Waals surface area contributed by atoms with Crippen LogP contribution in [0.4, 0.5) is 10.5 Å². The first kappa shape index (κ1) is 20.7. The molecular formula is C14H15N2O10-. The van der Waals surface area contributed by atoms with Gasteiger partial charge < -0.3 is 35.8 Å². The van der Waals surface area contributed by atoms with E-state index in [-0.39, 0.29) is 5.56 Å². The number of carboxylic acids is 3. The van der Waals surface area contributed by atoms with E-state index in [1.54, 1.807) is 0 Å². The Labute approximate surface area is 145 Å². The van der Waals surface area contributed by atoms with Crippen LogP contribution < -0.4 is 10.5 Å². The van der Waals surface area contributed by atoms with Crippen LogP contribution in [0, 0.1) is 5.21 Å². The molecule has 1 amide bonds. The Hall–Kier alpha value is -3.38. The molecule has 0 saturated heterocycles. The number of nitrogens with one attached hydrogen (secondary N) is 1. The maximum Gasteiger partial charge on any atom is 0.409 e. The second kappa shape index (κ2) is 9.19. The van der Waals surface area contributed by atoms with Gasteiger partial charge in [0.05, 0.1) is 5.69 Å². The molecule has 0 aliphatic carbocycles. The van der Waals surface area contributed by atoms with E-state index >= 15 is 0 Å². The van der Waals surface area contributed by atoms with Gasteiger partial charge >= 0.3 is 24.0 Å². The van der Waals surface area contributed by atoms with Crippen LogP contribution in [-0.4, -0.2) is 50.6 Å². The maximum absolute atomic E-state index is 11.8. The number of anilines is 1. The number of carboxylic acid groups (broad SMARTS) is 3. The third-order valence-electron chi connectivity index (χ3n) is 3.11. The summed E-state index contributed by atoms with van der Waals surface area (Å²) in [5.41, 5.74) is -0.849. The smallest absolute Gasteiger partial charge is 0.409 e. The Bertz CT molecular complexity index is 690. The lowest BCUT2D eigenvalue weighted by atomic mass is 10.1. The predicted octanol–water partition coefficient (Wildman–Crippen LogP) is 0.550. The molecule has 0 saturated carbocycles. The van der Waals surface area contributed by atoms with Crippen LogP contribution in [0.3, 0.4) is 0 Å². The summed E-state index contributed by atoms with van der Waals surface area (Å²) in [7, 11) is 0. The molecule has 1 aromatic rings. The van der Waals surface area contributed by atoms with Crippen molar-refractivity contribution in [3.63, 3.8) is 0 Å². The predicted molar refractivity (Wildman–Crippen MR) is 82.4 cm³/mol. The van der Waals surface area contributed by atoms with Gasteiger partial charge in [0, 0.05) is 12.0 Å². The van der Waals surface area contributed by atoms with Gasteiger partial charge in [-0.2, -0.15) is 0 Å². The van der Waals surface area contributed by atoms with Gasteiger partial charge in [0.2, 0.25) is 6.10 Å². The fourth-order valence-corrected chi connectivity index (χ4v) is 1.94. The lowest BCUT2D eigenvalue weighted by molar-refractivity contribution is -0.147. The van der Waals surface area contributed by atoms with Gasteiger partial charge in [0.15, 0.2) is 0 Å². The quantitative estimate of drug-likeness (QED) is 0.380. The van der Waals surface area contributed by atoms with Crippen molar-refractivity contribution in [1.29, 1.82) is 0 Å². The maximum atomic E-state index is 11.8. The number of hydrogen-bond acceptors (Lipinski definition) is 8. The third-order valence-corrected chi connectivity index (χ3v) is 3.11. The van der Waals surface area contributed by atoms with Crippen molar-refractivity contribution >= 4 is 29.7 Å². The summed E-state index contributed by atoms with van der Waals surface area (Å²) in [6.45, 7) is 0. The van der Waals surface area contributed by atoms with Crippen LogP contribution in [-0.2, 0) is 19.1 Å². The van der Waals surface area contributed by atoms with Crippen LogP contribution in [0.5, 0.6) is 0 Å². The Morgan fingerprint density at radius 2 is 1.73 bits per heavy atom. The highest BCUT2D eigenvalue weighted by molar-refractivity contribution is 5.84. The summed E-state index contributed by atoms with van der Waals surface area (Å²) in [6.07, 6.45) is -4.50. The zero-order chi connectivity index (χ0) is 19.9. The Balaban J connectivity index is 2.94. The number of hydrogen-bond donors (Lipinski definition) is 5. The molecule has 142 valence electrons. The number of aliphatic carboxylic acids is 3. The van der Waals surface area contributed by atoms with Crippen molar-refractivity contribution in [2.75, 3.05) is 5.23 Å². The van der Waals surface area contributed by atoms with Crippen LogP contribution in [0.1, 0.15) is 24.5 Å². The van der Waals surface area contributed by atoms with Gasteiger partial charge in [0.1, 0.15) is 6.04 Å². The molecule has 12 nitrogen and oxygen atoms in total. The molecule has 0 aromatic heterocycles. The van der Waals surface area contributed by atoms with Gasteiger partial charge in [-0.1, -0.05) is 18.2 Å². The molecule has 0 fully saturated rings. The molecule has 26 heavy (non-hydrogen) atoms. The SMILES string of the molecule is O=C(O)CC[C@@H](NC(=O)OC(C(=O)O)c1ccccc1N([O-])O)C(=O)O. The first-order valence-corrected chi connectivity index (χ1v) is 7.03. The van der Waals surface area contributed by atoms with Crippen molar-refractivity contribution in [2.45, 2.75) is 25.0 Å². The van der Waals surface area contributed by atoms with Crippen molar-refractivity contribution in [3.05, 3.63) is 35.0 Å². The number of rotatable bonds is 9. The third kappa shape index (κ3) is 5.92. The Kier molecular flexibility index (Phi) is 7.31. The van der Waals surface area contributed by atoms with E-state index in [1.165, 1.54) is 12.1 Å². The molecular weight excluding hydrogens is 356 g/mol. The summed E-state index contributed by atoms with van der Waals surface area (Å²) in [4.78, 5) is 44.7. The number of benzene rings is 1. The van der Waals surface area contributed by atoms with Gasteiger partial charge in [-0.25, -0.2) is 14.4 Å². The molecule has 0 aliphatic rings. The van der Waals surface area contributed by atoms with Crippen LogP contribution in [0.2, 0.25) is 0 Å². The number of amides is 1. The van der Waals surface area contributed by atoms with Crippen molar-refractivity contribution in [2.24, 2.45) is 0 Å². The molecule has 0 heterocycles. The van der Waals surface area contributed by atoms with E-state index in [1.807, 2.05) is 5.32 Å². The van der Waals surface area contributed by atoms with Crippen LogP contribution >= 0.6 is 0 Å². The van der Waals surface area contributed by atoms with Crippen molar-refractivity contribution in [3.8, 4) is 0 Å². The molecule has 1 unspecified atom stereocenters. The number of ether oxygens (including phenoxy) is 1. The van der Waals surface area contributed by atoms with Gasteiger partial charge in [-0.05, 0) is 12.5 Å². The van der Waals surface area contributed by atoms with Crippen molar-refractivity contribution < 1.29 is 44.4 Å². The average Bonchev–Trinajstić information content (AvgIpc) is 2.55. The lowest BCUT2D eigenvalue weighted by Gasteiger charge is -2.26. The summed E-state index contributed by atoms with van der Waals surface area (Å²) in [6, 6.07) is 3.21. The van der Waals surface area contributed by atoms with E-state index in [9.17, 15) is 29.5 Å². The zero-order valence-electron chi connectivity index (χ0n) is 13.1. The minimum atomic E-state index is -2.02. The largest absolute Gasteiger partial charge is 0.733 e. The summed E-state index contributed by atoms with van der Waals surface area (Å²) in [5, 5.41) is 48.0. The van der Waals surface area contributed by atoms with Gasteiger partial charge in [0.25, 0.3) is 0 Å². The Morgan fingerprint density at radius 1 is 1.12 bits per heavy atom. The second-order valence-corrected chi connectivity index (χ2v) is 4.92. The zero-order valence-corrected chi connectivity index (χ0v) is 13.1. The number of carbonyl (C=O) groups is 4. The summed E-state index contributed by atoms with van der Waals surface area (Å²) >= 11 is 0. The first-order chi connectivity index (χ1) is 12.1. The first-order valence-electron chi connectivity index (χ1n) is 7.03. The van der Waals surface area contributed by atoms with Crippen LogP contribution in [0.25, 0.3) is 0 Å². The normalized spacial score (nSPS) is 12.5. The summed E-state index contributed by atoms with van der Waals surface area (Å²) in [5.74, 6) is -4.52. The van der Waals surface area contributed by atoms with Crippen molar-refractivity contribution in [1.82, 2.24) is 5.32 Å². The summed E-state index contributed by atoms with van der Waals surface area (Å²) < 4.78 is 4.64. The fourth-order valence-electron chi connectivity index (χ4n) is 1.94. The average molecular weight is 371 g/mol. The van der Waals surface area contributed by atoms with Crippen LogP contribution in [0.15, 0.2) is 24.3 Å². The highest BCUT2D eigenvalue weighted by atomic mass is 16.8. The molecule has 2 atom stereocenters. The minimum absolute atomic E-state index is 0.356. The number of para-hydroxylation sites is 1. The van der Waals surface area contributed by atoms with E-state index in [4.69, 9.17) is 15.4 Å². The highest BCUT2D eigenvalue weighted by Crippen LogP contribution is 2.28.